The van der Waals surface area contributed by atoms with Crippen LogP contribution in [-0.4, -0.2) is 41.3 Å². The molecular weight excluding hydrogens is 478 g/mol. The molecule has 0 amide bonds. The van der Waals surface area contributed by atoms with Crippen molar-refractivity contribution in [2.75, 3.05) is 6.61 Å². The van der Waals surface area contributed by atoms with Gasteiger partial charge < -0.3 is 9.26 Å². The SMILES string of the molecule is CCOc1ccc(-n2nnc3c(=O)n(Cc4nc(-c5cccc(Br)c5)no4)cnc32)cc1. The van der Waals surface area contributed by atoms with Gasteiger partial charge in [0.1, 0.15) is 18.6 Å². The highest BCUT2D eigenvalue weighted by Gasteiger charge is 2.16. The van der Waals surface area contributed by atoms with Crippen molar-refractivity contribution in [2.45, 2.75) is 13.5 Å². The molecule has 2 aromatic carbocycles. The van der Waals surface area contributed by atoms with Gasteiger partial charge in [-0.2, -0.15) is 9.67 Å². The standard InChI is InChI=1S/C21H16BrN7O3/c1-2-31-16-8-6-15(7-9-16)29-20-18(25-27-29)21(30)28(12-23-20)11-17-24-19(26-32-17)13-4-3-5-14(22)10-13/h3-10,12H,2,11H2,1H3. The lowest BCUT2D eigenvalue weighted by Crippen LogP contribution is -2.21. The van der Waals surface area contributed by atoms with Gasteiger partial charge in [0.2, 0.25) is 11.7 Å². The summed E-state index contributed by atoms with van der Waals surface area (Å²) in [7, 11) is 0. The molecule has 0 bridgehead atoms. The molecule has 10 nitrogen and oxygen atoms in total. The lowest BCUT2D eigenvalue weighted by molar-refractivity contribution is 0.340. The summed E-state index contributed by atoms with van der Waals surface area (Å²) >= 11 is 3.42. The Morgan fingerprint density at radius 3 is 2.78 bits per heavy atom. The molecule has 11 heteroatoms. The molecule has 0 saturated heterocycles. The van der Waals surface area contributed by atoms with Crippen molar-refractivity contribution in [3.63, 3.8) is 0 Å². The van der Waals surface area contributed by atoms with Crippen LogP contribution in [0.1, 0.15) is 12.8 Å². The number of aromatic nitrogens is 7. The van der Waals surface area contributed by atoms with E-state index in [1.807, 2.05) is 55.5 Å². The minimum absolute atomic E-state index is 0.0681. The van der Waals surface area contributed by atoms with E-state index in [0.29, 0.717) is 18.1 Å². The van der Waals surface area contributed by atoms with Crippen molar-refractivity contribution < 1.29 is 9.26 Å². The molecular formula is C21H16BrN7O3. The van der Waals surface area contributed by atoms with Crippen molar-refractivity contribution in [2.24, 2.45) is 0 Å². The van der Waals surface area contributed by atoms with Gasteiger partial charge in [-0.05, 0) is 43.3 Å². The molecule has 0 aliphatic carbocycles. The monoisotopic (exact) mass is 493 g/mol. The molecule has 5 rings (SSSR count). The largest absolute Gasteiger partial charge is 0.494 e. The molecule has 0 atom stereocenters. The summed E-state index contributed by atoms with van der Waals surface area (Å²) < 4.78 is 14.5. The Morgan fingerprint density at radius 1 is 1.16 bits per heavy atom. The number of rotatable bonds is 6. The maximum absolute atomic E-state index is 12.9. The van der Waals surface area contributed by atoms with Gasteiger partial charge in [-0.15, -0.1) is 5.10 Å². The number of halogens is 1. The van der Waals surface area contributed by atoms with Gasteiger partial charge in [-0.1, -0.05) is 38.4 Å². The third-order valence-electron chi connectivity index (χ3n) is 4.68. The van der Waals surface area contributed by atoms with Crippen molar-refractivity contribution >= 4 is 27.1 Å². The molecule has 0 aliphatic rings. The molecule has 0 aliphatic heterocycles. The van der Waals surface area contributed by atoms with Crippen LogP contribution in [0.5, 0.6) is 5.75 Å². The maximum Gasteiger partial charge on any atom is 0.284 e. The second kappa shape index (κ2) is 8.35. The molecule has 3 aromatic heterocycles. The summed E-state index contributed by atoms with van der Waals surface area (Å²) in [5.41, 5.74) is 1.67. The molecule has 0 spiro atoms. The predicted molar refractivity (Wildman–Crippen MR) is 119 cm³/mol. The van der Waals surface area contributed by atoms with Crippen LogP contribution in [0.15, 0.2) is 68.6 Å². The van der Waals surface area contributed by atoms with E-state index in [0.717, 1.165) is 21.5 Å². The van der Waals surface area contributed by atoms with Crippen LogP contribution in [0.3, 0.4) is 0 Å². The minimum atomic E-state index is -0.352. The molecule has 0 N–H and O–H groups in total. The van der Waals surface area contributed by atoms with Crippen LogP contribution in [0.2, 0.25) is 0 Å². The van der Waals surface area contributed by atoms with E-state index in [9.17, 15) is 4.79 Å². The quantitative estimate of drug-likeness (QED) is 0.354. The molecule has 160 valence electrons. The van der Waals surface area contributed by atoms with E-state index < -0.39 is 0 Å². The van der Waals surface area contributed by atoms with Crippen molar-refractivity contribution in [1.29, 1.82) is 0 Å². The molecule has 0 fully saturated rings. The molecule has 5 aromatic rings. The number of ether oxygens (including phenoxy) is 1. The van der Waals surface area contributed by atoms with Gasteiger partial charge in [-0.25, -0.2) is 4.98 Å². The van der Waals surface area contributed by atoms with Gasteiger partial charge in [-0.3, -0.25) is 9.36 Å². The third-order valence-corrected chi connectivity index (χ3v) is 5.17. The van der Waals surface area contributed by atoms with Crippen molar-refractivity contribution in [1.82, 2.24) is 34.7 Å². The van der Waals surface area contributed by atoms with E-state index in [-0.39, 0.29) is 23.5 Å². The maximum atomic E-state index is 12.9. The smallest absolute Gasteiger partial charge is 0.284 e. The lowest BCUT2D eigenvalue weighted by Gasteiger charge is -2.05. The average molecular weight is 494 g/mol. The Hall–Kier alpha value is -3.86. The Bertz CT molecular complexity index is 1460. The Labute approximate surface area is 189 Å². The molecule has 0 radical (unpaired) electrons. The van der Waals surface area contributed by atoms with Crippen LogP contribution in [0.25, 0.3) is 28.2 Å². The van der Waals surface area contributed by atoms with Gasteiger partial charge in [0.05, 0.1) is 12.3 Å². The predicted octanol–water partition coefficient (Wildman–Crippen LogP) is 3.24. The Balaban J connectivity index is 1.43. The Morgan fingerprint density at radius 2 is 2.00 bits per heavy atom. The summed E-state index contributed by atoms with van der Waals surface area (Å²) in [6, 6.07) is 14.9. The highest BCUT2D eigenvalue weighted by atomic mass is 79.9. The molecule has 3 heterocycles. The van der Waals surface area contributed by atoms with E-state index in [1.54, 1.807) is 0 Å². The zero-order valence-corrected chi connectivity index (χ0v) is 18.4. The van der Waals surface area contributed by atoms with Crippen LogP contribution in [0, 0.1) is 0 Å². The van der Waals surface area contributed by atoms with Crippen LogP contribution in [-0.2, 0) is 6.54 Å². The first-order valence-corrected chi connectivity index (χ1v) is 10.5. The summed E-state index contributed by atoms with van der Waals surface area (Å²) in [6.07, 6.45) is 1.42. The molecule has 0 saturated carbocycles. The van der Waals surface area contributed by atoms with Crippen LogP contribution < -0.4 is 10.3 Å². The van der Waals surface area contributed by atoms with Gasteiger partial charge in [0, 0.05) is 10.0 Å². The first-order valence-electron chi connectivity index (χ1n) is 9.75. The third kappa shape index (κ3) is 3.78. The van der Waals surface area contributed by atoms with Crippen molar-refractivity contribution in [3.8, 4) is 22.8 Å². The van der Waals surface area contributed by atoms with E-state index >= 15 is 0 Å². The zero-order valence-electron chi connectivity index (χ0n) is 16.8. The van der Waals surface area contributed by atoms with Crippen molar-refractivity contribution in [3.05, 3.63) is 75.6 Å². The van der Waals surface area contributed by atoms with E-state index in [4.69, 9.17) is 9.26 Å². The number of hydrogen-bond donors (Lipinski definition) is 0. The summed E-state index contributed by atoms with van der Waals surface area (Å²) in [5.74, 6) is 1.46. The summed E-state index contributed by atoms with van der Waals surface area (Å²) in [6.45, 7) is 2.57. The number of nitrogens with zero attached hydrogens (tertiary/aromatic N) is 7. The first-order chi connectivity index (χ1) is 15.6. The number of fused-ring (bicyclic) bond motifs is 1. The van der Waals surface area contributed by atoms with Crippen LogP contribution in [0.4, 0.5) is 0 Å². The topological polar surface area (TPSA) is 114 Å². The number of benzene rings is 2. The fraction of sp³-hybridized carbons (Fsp3) is 0.143. The number of hydrogen-bond acceptors (Lipinski definition) is 8. The molecule has 32 heavy (non-hydrogen) atoms. The minimum Gasteiger partial charge on any atom is -0.494 e. The lowest BCUT2D eigenvalue weighted by atomic mass is 10.2. The van der Waals surface area contributed by atoms with Gasteiger partial charge in [0.15, 0.2) is 11.2 Å². The second-order valence-corrected chi connectivity index (χ2v) is 7.72. The highest BCUT2D eigenvalue weighted by Crippen LogP contribution is 2.21. The van der Waals surface area contributed by atoms with E-state index in [1.165, 1.54) is 15.6 Å². The normalized spacial score (nSPS) is 11.2. The van der Waals surface area contributed by atoms with Gasteiger partial charge in [0.25, 0.3) is 5.56 Å². The van der Waals surface area contributed by atoms with Crippen LogP contribution >= 0.6 is 15.9 Å². The van der Waals surface area contributed by atoms with E-state index in [2.05, 4.69) is 41.4 Å². The fourth-order valence-electron chi connectivity index (χ4n) is 3.19. The highest BCUT2D eigenvalue weighted by molar-refractivity contribution is 9.10. The fourth-order valence-corrected chi connectivity index (χ4v) is 3.59. The average Bonchev–Trinajstić information content (AvgIpc) is 3.44. The summed E-state index contributed by atoms with van der Waals surface area (Å²) in [5, 5.41) is 12.1. The molecule has 0 unspecified atom stereocenters. The Kier molecular flexibility index (Phi) is 5.23. The summed E-state index contributed by atoms with van der Waals surface area (Å²) in [4.78, 5) is 21.7. The first kappa shape index (κ1) is 20.1. The zero-order chi connectivity index (χ0) is 22.1. The second-order valence-electron chi connectivity index (χ2n) is 6.80. The van der Waals surface area contributed by atoms with Gasteiger partial charge >= 0.3 is 0 Å².